The van der Waals surface area contributed by atoms with Gasteiger partial charge in [-0.25, -0.2) is 0 Å². The zero-order valence-corrected chi connectivity index (χ0v) is 38.0. The highest BCUT2D eigenvalue weighted by molar-refractivity contribution is 5.90. The number of ketones is 1. The Balaban J connectivity index is 2.27. The topological polar surface area (TPSA) is 146 Å². The van der Waals surface area contributed by atoms with Crippen LogP contribution in [0.2, 0.25) is 0 Å². The monoisotopic (exact) mass is 815 g/mol. The number of rotatable bonds is 26. The average Bonchev–Trinajstić information content (AvgIpc) is 3.65. The first-order valence-electron chi connectivity index (χ1n) is 21.7. The SMILES string of the molecule is CC[C@H](C)[C@@H]([C@@H](CC(=O)N1CCC[C@H]1[C@H](OC)[C@@H](C)C(=O)C[C@@H](Cc1ccccc1)C(=O)O)OC)N(C)C(=O)[C@@H](NC(=O)[C@H](C(C)C)N(C)CCCC(C)C)C(C)C. The van der Waals surface area contributed by atoms with Crippen molar-refractivity contribution in [1.82, 2.24) is 20.0 Å². The molecular weight excluding hydrogens is 737 g/mol. The number of carbonyl (C=O) groups excluding carboxylic acids is 4. The van der Waals surface area contributed by atoms with E-state index in [9.17, 15) is 29.1 Å². The van der Waals surface area contributed by atoms with Gasteiger partial charge in [0.2, 0.25) is 17.7 Å². The number of carboxylic acid groups (broad SMARTS) is 1. The fourth-order valence-electron chi connectivity index (χ4n) is 8.79. The summed E-state index contributed by atoms with van der Waals surface area (Å²) in [5.74, 6) is -2.94. The number of amides is 3. The lowest BCUT2D eigenvalue weighted by molar-refractivity contribution is -0.148. The van der Waals surface area contributed by atoms with Gasteiger partial charge < -0.3 is 29.7 Å². The van der Waals surface area contributed by atoms with Crippen LogP contribution in [0, 0.1) is 35.5 Å². The molecule has 12 heteroatoms. The molecule has 1 fully saturated rings. The van der Waals surface area contributed by atoms with Gasteiger partial charge >= 0.3 is 5.97 Å². The Hall–Kier alpha value is -3.35. The highest BCUT2D eigenvalue weighted by Gasteiger charge is 2.43. The molecule has 2 N–H and O–H groups in total. The van der Waals surface area contributed by atoms with Gasteiger partial charge in [0.05, 0.1) is 42.7 Å². The molecule has 1 aliphatic heterocycles. The maximum atomic E-state index is 14.5. The summed E-state index contributed by atoms with van der Waals surface area (Å²) in [7, 11) is 6.81. The van der Waals surface area contributed by atoms with Gasteiger partial charge in [-0.05, 0) is 74.9 Å². The molecule has 330 valence electrons. The molecular formula is C46H78N4O8. The van der Waals surface area contributed by atoms with E-state index in [4.69, 9.17) is 9.47 Å². The average molecular weight is 815 g/mol. The van der Waals surface area contributed by atoms with Crippen LogP contribution in [0.3, 0.4) is 0 Å². The molecule has 0 aliphatic carbocycles. The van der Waals surface area contributed by atoms with E-state index in [1.165, 1.54) is 7.11 Å². The number of carboxylic acids is 1. The second-order valence-electron chi connectivity index (χ2n) is 17.9. The van der Waals surface area contributed by atoms with E-state index in [1.54, 1.807) is 30.9 Å². The number of benzene rings is 1. The van der Waals surface area contributed by atoms with Crippen molar-refractivity contribution in [3.05, 3.63) is 35.9 Å². The standard InChI is InChI=1S/C46H78N4O8/c1-14-32(8)42(49(11)45(54)40(30(4)5)47-44(53)41(31(6)7)48(10)24-18-20-29(2)3)38(57-12)28-39(52)50-25-19-23-36(50)43(58-13)33(9)37(51)27-35(46(55)56)26-34-21-16-15-17-22-34/h15-17,21-22,29-33,35-36,38,40-43H,14,18-20,23-28H2,1-13H3,(H,47,53)(H,55,56)/t32-,33-,35+,36-,38+,40-,41-,42-,43+/m0/s1. The minimum absolute atomic E-state index is 0.00581. The number of hydrogen-bond acceptors (Lipinski definition) is 8. The number of likely N-dealkylation sites (N-methyl/N-ethyl adjacent to an activating group) is 2. The van der Waals surface area contributed by atoms with Crippen LogP contribution in [0.25, 0.3) is 0 Å². The third-order valence-corrected chi connectivity index (χ3v) is 12.4. The number of aliphatic carboxylic acids is 1. The summed E-state index contributed by atoms with van der Waals surface area (Å²) in [6.45, 7) is 19.4. The summed E-state index contributed by atoms with van der Waals surface area (Å²) in [6.07, 6.45) is 2.99. The molecule has 0 saturated carbocycles. The van der Waals surface area contributed by atoms with Gasteiger partial charge in [-0.2, -0.15) is 0 Å². The van der Waals surface area contributed by atoms with Gasteiger partial charge in [0, 0.05) is 40.2 Å². The molecule has 0 bridgehead atoms. The smallest absolute Gasteiger partial charge is 0.307 e. The van der Waals surface area contributed by atoms with Gasteiger partial charge in [-0.3, -0.25) is 28.9 Å². The highest BCUT2D eigenvalue weighted by Crippen LogP contribution is 2.31. The Morgan fingerprint density at radius 2 is 1.55 bits per heavy atom. The molecule has 0 radical (unpaired) electrons. The van der Waals surface area contributed by atoms with Gasteiger partial charge in [-0.15, -0.1) is 0 Å². The first kappa shape index (κ1) is 50.8. The lowest BCUT2D eigenvalue weighted by Crippen LogP contribution is -2.60. The molecule has 0 unspecified atom stereocenters. The molecule has 58 heavy (non-hydrogen) atoms. The normalized spacial score (nSPS) is 18.8. The van der Waals surface area contributed by atoms with E-state index in [0.29, 0.717) is 18.9 Å². The molecule has 1 aromatic carbocycles. The Kier molecular flexibility index (Phi) is 21.6. The highest BCUT2D eigenvalue weighted by atomic mass is 16.5. The van der Waals surface area contributed by atoms with Crippen LogP contribution in [0.15, 0.2) is 30.3 Å². The van der Waals surface area contributed by atoms with Crippen LogP contribution in [0.4, 0.5) is 0 Å². The number of methoxy groups -OCH3 is 2. The van der Waals surface area contributed by atoms with E-state index in [-0.39, 0.29) is 66.6 Å². The second kappa shape index (κ2) is 24.7. The van der Waals surface area contributed by atoms with E-state index in [2.05, 4.69) is 24.1 Å². The number of ether oxygens (including phenoxy) is 2. The zero-order valence-electron chi connectivity index (χ0n) is 38.0. The number of carbonyl (C=O) groups is 5. The van der Waals surface area contributed by atoms with E-state index in [0.717, 1.165) is 37.8 Å². The number of nitrogens with zero attached hydrogens (tertiary/aromatic N) is 3. The number of Topliss-reactive ketones (excluding diaryl/α,β-unsaturated/α-hetero) is 1. The number of hydrogen-bond donors (Lipinski definition) is 2. The van der Waals surface area contributed by atoms with Gasteiger partial charge in [0.25, 0.3) is 0 Å². The van der Waals surface area contributed by atoms with Crippen molar-refractivity contribution in [3.63, 3.8) is 0 Å². The van der Waals surface area contributed by atoms with Crippen molar-refractivity contribution in [1.29, 1.82) is 0 Å². The van der Waals surface area contributed by atoms with Gasteiger partial charge in [0.1, 0.15) is 11.8 Å². The maximum Gasteiger partial charge on any atom is 0.307 e. The zero-order chi connectivity index (χ0) is 43.9. The van der Waals surface area contributed by atoms with Crippen LogP contribution >= 0.6 is 0 Å². The number of nitrogens with one attached hydrogen (secondary N) is 1. The van der Waals surface area contributed by atoms with Crippen molar-refractivity contribution in [2.45, 2.75) is 150 Å². The Morgan fingerprint density at radius 3 is 2.07 bits per heavy atom. The molecule has 2 rings (SSSR count). The van der Waals surface area contributed by atoms with Crippen molar-refractivity contribution in [2.75, 3.05) is 41.4 Å². The molecule has 0 aromatic heterocycles. The summed E-state index contributed by atoms with van der Waals surface area (Å²) in [5, 5.41) is 13.1. The third kappa shape index (κ3) is 14.4. The minimum Gasteiger partial charge on any atom is -0.481 e. The Labute approximate surface area is 350 Å². The van der Waals surface area contributed by atoms with Crippen LogP contribution < -0.4 is 5.32 Å². The summed E-state index contributed by atoms with van der Waals surface area (Å²) in [4.78, 5) is 74.0. The van der Waals surface area contributed by atoms with Crippen molar-refractivity contribution in [3.8, 4) is 0 Å². The summed E-state index contributed by atoms with van der Waals surface area (Å²) >= 11 is 0. The van der Waals surface area contributed by atoms with Crippen LogP contribution in [0.1, 0.15) is 113 Å². The Morgan fingerprint density at radius 1 is 0.914 bits per heavy atom. The minimum atomic E-state index is -1.03. The summed E-state index contributed by atoms with van der Waals surface area (Å²) in [5.41, 5.74) is 0.849. The Bertz CT molecular complexity index is 1440. The lowest BCUT2D eigenvalue weighted by atomic mass is 9.85. The molecule has 9 atom stereocenters. The van der Waals surface area contributed by atoms with Crippen LogP contribution in [-0.2, 0) is 39.9 Å². The molecule has 0 spiro atoms. The molecule has 12 nitrogen and oxygen atoms in total. The number of likely N-dealkylation sites (tertiary alicyclic amines) is 1. The van der Waals surface area contributed by atoms with Crippen molar-refractivity contribution < 1.29 is 38.6 Å². The second-order valence-corrected chi connectivity index (χ2v) is 17.9. The predicted molar refractivity (Wildman–Crippen MR) is 229 cm³/mol. The lowest BCUT2D eigenvalue weighted by Gasteiger charge is -2.41. The van der Waals surface area contributed by atoms with E-state index >= 15 is 0 Å². The van der Waals surface area contributed by atoms with Crippen molar-refractivity contribution >= 4 is 29.5 Å². The van der Waals surface area contributed by atoms with Crippen molar-refractivity contribution in [2.24, 2.45) is 35.5 Å². The maximum absolute atomic E-state index is 14.5. The van der Waals surface area contributed by atoms with E-state index < -0.39 is 48.1 Å². The molecule has 1 saturated heterocycles. The summed E-state index contributed by atoms with van der Waals surface area (Å²) in [6, 6.07) is 7.25. The predicted octanol–water partition coefficient (Wildman–Crippen LogP) is 6.34. The fraction of sp³-hybridized carbons (Fsp3) is 0.761. The first-order chi connectivity index (χ1) is 27.3. The van der Waals surface area contributed by atoms with Gasteiger partial charge in [-0.1, -0.05) is 99.1 Å². The third-order valence-electron chi connectivity index (χ3n) is 12.4. The van der Waals surface area contributed by atoms with Crippen LogP contribution in [0.5, 0.6) is 0 Å². The molecule has 3 amide bonds. The fourth-order valence-corrected chi connectivity index (χ4v) is 8.79. The molecule has 1 heterocycles. The molecule has 1 aromatic rings. The largest absolute Gasteiger partial charge is 0.481 e. The van der Waals surface area contributed by atoms with Crippen LogP contribution in [-0.4, -0.2) is 127 Å². The molecule has 1 aliphatic rings. The first-order valence-corrected chi connectivity index (χ1v) is 21.7. The summed E-state index contributed by atoms with van der Waals surface area (Å²) < 4.78 is 12.0. The van der Waals surface area contributed by atoms with E-state index in [1.807, 2.05) is 78.9 Å². The van der Waals surface area contributed by atoms with Gasteiger partial charge in [0.15, 0.2) is 0 Å². The quantitative estimate of drug-likeness (QED) is 0.109.